The predicted molar refractivity (Wildman–Crippen MR) is 51.4 cm³/mol. The van der Waals surface area contributed by atoms with Gasteiger partial charge in [0, 0.05) is 11.7 Å². The van der Waals surface area contributed by atoms with E-state index in [1.165, 1.54) is 11.8 Å². The molecule has 0 saturated heterocycles. The van der Waals surface area contributed by atoms with Crippen LogP contribution in [-0.2, 0) is 0 Å². The highest BCUT2D eigenvalue weighted by atomic mass is 32.2. The van der Waals surface area contributed by atoms with E-state index in [-0.39, 0.29) is 0 Å². The van der Waals surface area contributed by atoms with Crippen LogP contribution in [0, 0.1) is 18.3 Å². The van der Waals surface area contributed by atoms with Gasteiger partial charge in [0.05, 0.1) is 11.8 Å². The zero-order valence-corrected chi connectivity index (χ0v) is 8.60. The summed E-state index contributed by atoms with van der Waals surface area (Å²) in [6, 6.07) is 2.16. The van der Waals surface area contributed by atoms with Gasteiger partial charge in [0.1, 0.15) is 6.26 Å². The summed E-state index contributed by atoms with van der Waals surface area (Å²) >= 11 is 1.53. The lowest BCUT2D eigenvalue weighted by molar-refractivity contribution is 0.452. The summed E-state index contributed by atoms with van der Waals surface area (Å²) in [6.07, 6.45) is 3.13. The molecule has 1 aromatic heterocycles. The van der Waals surface area contributed by atoms with Crippen molar-refractivity contribution in [3.63, 3.8) is 0 Å². The Morgan fingerprint density at radius 3 is 3.00 bits per heavy atom. The first-order valence-electron chi connectivity index (χ1n) is 4.22. The standard InChI is InChI=1S/C9H12N2OS/c1-3-8(4-5-10)13-9-11-7(2)6-12-9/h6,8H,3-4H2,1-2H3. The van der Waals surface area contributed by atoms with Gasteiger partial charge < -0.3 is 4.42 Å². The van der Waals surface area contributed by atoms with E-state index in [4.69, 9.17) is 9.68 Å². The maximum Gasteiger partial charge on any atom is 0.256 e. The van der Waals surface area contributed by atoms with E-state index in [9.17, 15) is 0 Å². The number of aromatic nitrogens is 1. The van der Waals surface area contributed by atoms with Crippen LogP contribution >= 0.6 is 11.8 Å². The van der Waals surface area contributed by atoms with Crippen LogP contribution in [-0.4, -0.2) is 10.2 Å². The second-order valence-electron chi connectivity index (χ2n) is 2.77. The van der Waals surface area contributed by atoms with Gasteiger partial charge >= 0.3 is 0 Å². The molecule has 1 atom stereocenters. The van der Waals surface area contributed by atoms with Gasteiger partial charge in [-0.3, -0.25) is 0 Å². The second kappa shape index (κ2) is 4.93. The first-order chi connectivity index (χ1) is 6.26. The van der Waals surface area contributed by atoms with Gasteiger partial charge in [-0.05, 0) is 13.3 Å². The summed E-state index contributed by atoms with van der Waals surface area (Å²) in [4.78, 5) is 4.17. The summed E-state index contributed by atoms with van der Waals surface area (Å²) in [5.41, 5.74) is 0.884. The summed E-state index contributed by atoms with van der Waals surface area (Å²) in [5, 5.41) is 9.50. The Morgan fingerprint density at radius 1 is 1.77 bits per heavy atom. The lowest BCUT2D eigenvalue weighted by Gasteiger charge is -2.05. The highest BCUT2D eigenvalue weighted by Crippen LogP contribution is 2.26. The number of oxazole rings is 1. The number of nitrogens with zero attached hydrogens (tertiary/aromatic N) is 2. The van der Waals surface area contributed by atoms with Gasteiger partial charge in [0.2, 0.25) is 0 Å². The lowest BCUT2D eigenvalue weighted by Crippen LogP contribution is -1.98. The molecule has 0 aromatic carbocycles. The normalized spacial score (nSPS) is 12.4. The van der Waals surface area contributed by atoms with Crippen LogP contribution in [0.25, 0.3) is 0 Å². The molecule has 1 rings (SSSR count). The molecule has 70 valence electrons. The number of aryl methyl sites for hydroxylation is 1. The maximum atomic E-state index is 8.54. The van der Waals surface area contributed by atoms with Gasteiger partial charge in [-0.2, -0.15) is 5.26 Å². The fourth-order valence-electron chi connectivity index (χ4n) is 0.900. The highest BCUT2D eigenvalue weighted by Gasteiger charge is 2.11. The predicted octanol–water partition coefficient (Wildman–Crippen LogP) is 2.77. The Balaban J connectivity index is 2.52. The van der Waals surface area contributed by atoms with Crippen LogP contribution in [0.15, 0.2) is 15.9 Å². The number of hydrogen-bond donors (Lipinski definition) is 0. The van der Waals surface area contributed by atoms with Crippen molar-refractivity contribution in [2.24, 2.45) is 0 Å². The SMILES string of the molecule is CCC(CC#N)Sc1nc(C)co1. The molecule has 0 spiro atoms. The van der Waals surface area contributed by atoms with Gasteiger partial charge in [-0.15, -0.1) is 0 Å². The largest absolute Gasteiger partial charge is 0.440 e. The van der Waals surface area contributed by atoms with E-state index in [1.807, 2.05) is 6.92 Å². The Labute approximate surface area is 82.2 Å². The minimum absolute atomic E-state index is 0.294. The van der Waals surface area contributed by atoms with Gasteiger partial charge in [0.15, 0.2) is 0 Å². The average molecular weight is 196 g/mol. The van der Waals surface area contributed by atoms with Crippen molar-refractivity contribution in [2.45, 2.75) is 37.2 Å². The Hall–Kier alpha value is -0.950. The molecule has 1 unspecified atom stereocenters. The van der Waals surface area contributed by atoms with Crippen molar-refractivity contribution >= 4 is 11.8 Å². The molecule has 1 aromatic rings. The molecule has 4 heteroatoms. The third-order valence-corrected chi connectivity index (χ3v) is 2.86. The minimum Gasteiger partial charge on any atom is -0.440 e. The van der Waals surface area contributed by atoms with Gasteiger partial charge in [0.25, 0.3) is 5.22 Å². The van der Waals surface area contributed by atoms with Crippen molar-refractivity contribution in [1.82, 2.24) is 4.98 Å². The van der Waals surface area contributed by atoms with E-state index in [1.54, 1.807) is 6.26 Å². The van der Waals surface area contributed by atoms with Crippen molar-refractivity contribution in [3.8, 4) is 6.07 Å². The topological polar surface area (TPSA) is 49.8 Å². The number of hydrogen-bond acceptors (Lipinski definition) is 4. The number of nitriles is 1. The molecule has 1 heterocycles. The third-order valence-electron chi connectivity index (χ3n) is 1.64. The van der Waals surface area contributed by atoms with Crippen molar-refractivity contribution in [2.75, 3.05) is 0 Å². The summed E-state index contributed by atoms with van der Waals surface area (Å²) in [7, 11) is 0. The summed E-state index contributed by atoms with van der Waals surface area (Å²) < 4.78 is 5.19. The molecule has 0 aliphatic rings. The van der Waals surface area contributed by atoms with E-state index in [0.717, 1.165) is 12.1 Å². The molecular formula is C9H12N2OS. The van der Waals surface area contributed by atoms with Crippen LogP contribution in [0.2, 0.25) is 0 Å². The molecule has 0 bridgehead atoms. The van der Waals surface area contributed by atoms with Gasteiger partial charge in [-0.1, -0.05) is 18.7 Å². The van der Waals surface area contributed by atoms with Crippen molar-refractivity contribution in [1.29, 1.82) is 5.26 Å². The summed E-state index contributed by atoms with van der Waals surface area (Å²) in [5.74, 6) is 0. The third kappa shape index (κ3) is 3.11. The van der Waals surface area contributed by atoms with Crippen LogP contribution in [0.4, 0.5) is 0 Å². The van der Waals surface area contributed by atoms with Crippen LogP contribution in [0.5, 0.6) is 0 Å². The Bertz CT molecular complexity index is 303. The van der Waals surface area contributed by atoms with Crippen LogP contribution in [0.3, 0.4) is 0 Å². The monoisotopic (exact) mass is 196 g/mol. The quantitative estimate of drug-likeness (QED) is 0.695. The molecule has 13 heavy (non-hydrogen) atoms. The summed E-state index contributed by atoms with van der Waals surface area (Å²) in [6.45, 7) is 3.95. The fourth-order valence-corrected chi connectivity index (χ4v) is 1.81. The zero-order chi connectivity index (χ0) is 9.68. The van der Waals surface area contributed by atoms with Crippen LogP contribution in [0.1, 0.15) is 25.5 Å². The molecule has 3 nitrogen and oxygen atoms in total. The Morgan fingerprint density at radius 2 is 2.54 bits per heavy atom. The average Bonchev–Trinajstić information content (AvgIpc) is 2.50. The first kappa shape index (κ1) is 10.1. The lowest BCUT2D eigenvalue weighted by atomic mass is 10.3. The molecule has 0 N–H and O–H groups in total. The molecule has 0 amide bonds. The molecule has 0 fully saturated rings. The molecule has 0 saturated carbocycles. The van der Waals surface area contributed by atoms with E-state index in [2.05, 4.69) is 18.0 Å². The minimum atomic E-state index is 0.294. The first-order valence-corrected chi connectivity index (χ1v) is 5.10. The number of thioether (sulfide) groups is 1. The molecule has 0 radical (unpaired) electrons. The maximum absolute atomic E-state index is 8.54. The highest BCUT2D eigenvalue weighted by molar-refractivity contribution is 7.99. The zero-order valence-electron chi connectivity index (χ0n) is 7.78. The van der Waals surface area contributed by atoms with Crippen molar-refractivity contribution in [3.05, 3.63) is 12.0 Å². The van der Waals surface area contributed by atoms with Gasteiger partial charge in [-0.25, -0.2) is 4.98 Å². The van der Waals surface area contributed by atoms with E-state index in [0.29, 0.717) is 16.9 Å². The fraction of sp³-hybridized carbons (Fsp3) is 0.556. The van der Waals surface area contributed by atoms with E-state index < -0.39 is 0 Å². The second-order valence-corrected chi connectivity index (χ2v) is 4.02. The van der Waals surface area contributed by atoms with Crippen LogP contribution < -0.4 is 0 Å². The van der Waals surface area contributed by atoms with E-state index >= 15 is 0 Å². The molecular weight excluding hydrogens is 184 g/mol. The van der Waals surface area contributed by atoms with Crippen molar-refractivity contribution < 1.29 is 4.42 Å². The Kier molecular flexibility index (Phi) is 3.84. The number of rotatable bonds is 4. The molecule has 0 aliphatic carbocycles. The smallest absolute Gasteiger partial charge is 0.256 e. The molecule has 0 aliphatic heterocycles.